The summed E-state index contributed by atoms with van der Waals surface area (Å²) in [4.78, 5) is 11.9. The maximum absolute atomic E-state index is 11.9. The summed E-state index contributed by atoms with van der Waals surface area (Å²) in [6.07, 6.45) is 5.62. The van der Waals surface area contributed by atoms with Crippen LogP contribution >= 0.6 is 0 Å². The molecule has 4 heteroatoms. The van der Waals surface area contributed by atoms with Crippen LogP contribution < -0.4 is 10.6 Å². The Morgan fingerprint density at radius 3 is 3.00 bits per heavy atom. The van der Waals surface area contributed by atoms with Gasteiger partial charge >= 0.3 is 0 Å². The second kappa shape index (κ2) is 7.10. The molecule has 0 aliphatic carbocycles. The van der Waals surface area contributed by atoms with Gasteiger partial charge in [0.25, 0.3) is 0 Å². The standard InChI is InChI=1S/C14H26N2O2/c1-11(12-4-2-6-15-9-12)8-14(17)16-10-13-5-3-7-18-13/h11-13,15H,2-10H2,1H3,(H,16,17). The van der Waals surface area contributed by atoms with Gasteiger partial charge in [0.2, 0.25) is 5.91 Å². The summed E-state index contributed by atoms with van der Waals surface area (Å²) in [7, 11) is 0. The Morgan fingerprint density at radius 1 is 1.44 bits per heavy atom. The summed E-state index contributed by atoms with van der Waals surface area (Å²) in [5, 5.41) is 6.42. The summed E-state index contributed by atoms with van der Waals surface area (Å²) >= 11 is 0. The van der Waals surface area contributed by atoms with E-state index in [9.17, 15) is 4.79 Å². The van der Waals surface area contributed by atoms with Gasteiger partial charge in [-0.2, -0.15) is 0 Å². The first-order chi connectivity index (χ1) is 8.75. The van der Waals surface area contributed by atoms with E-state index in [1.54, 1.807) is 0 Å². The van der Waals surface area contributed by atoms with Crippen LogP contribution in [0.4, 0.5) is 0 Å². The Balaban J connectivity index is 1.62. The summed E-state index contributed by atoms with van der Waals surface area (Å²) in [6.45, 7) is 5.94. The molecule has 2 saturated heterocycles. The Morgan fingerprint density at radius 2 is 2.33 bits per heavy atom. The van der Waals surface area contributed by atoms with Gasteiger partial charge < -0.3 is 15.4 Å². The minimum Gasteiger partial charge on any atom is -0.376 e. The number of hydrogen-bond acceptors (Lipinski definition) is 3. The lowest BCUT2D eigenvalue weighted by molar-refractivity contribution is -0.122. The van der Waals surface area contributed by atoms with Crippen LogP contribution in [0, 0.1) is 11.8 Å². The first-order valence-electron chi connectivity index (χ1n) is 7.34. The first-order valence-corrected chi connectivity index (χ1v) is 7.34. The van der Waals surface area contributed by atoms with Crippen molar-refractivity contribution in [3.8, 4) is 0 Å². The number of rotatable bonds is 5. The van der Waals surface area contributed by atoms with E-state index in [1.165, 1.54) is 12.8 Å². The van der Waals surface area contributed by atoms with E-state index in [0.717, 1.165) is 32.5 Å². The molecule has 2 aliphatic rings. The highest BCUT2D eigenvalue weighted by atomic mass is 16.5. The molecule has 0 bridgehead atoms. The van der Waals surface area contributed by atoms with Crippen LogP contribution in [-0.2, 0) is 9.53 Å². The monoisotopic (exact) mass is 254 g/mol. The van der Waals surface area contributed by atoms with Crippen LogP contribution in [0.3, 0.4) is 0 Å². The molecule has 2 rings (SSSR count). The van der Waals surface area contributed by atoms with Gasteiger partial charge in [0.15, 0.2) is 0 Å². The van der Waals surface area contributed by atoms with Crippen molar-refractivity contribution >= 4 is 5.91 Å². The molecule has 0 spiro atoms. The molecule has 2 N–H and O–H groups in total. The Labute approximate surface area is 110 Å². The fourth-order valence-electron chi connectivity index (χ4n) is 2.93. The normalized spacial score (nSPS) is 30.1. The lowest BCUT2D eigenvalue weighted by atomic mass is 9.85. The predicted molar refractivity (Wildman–Crippen MR) is 71.4 cm³/mol. The maximum atomic E-state index is 11.9. The highest BCUT2D eigenvalue weighted by Gasteiger charge is 2.22. The molecule has 0 radical (unpaired) electrons. The first kappa shape index (κ1) is 13.8. The number of carbonyl (C=O) groups excluding carboxylic acids is 1. The van der Waals surface area contributed by atoms with Crippen molar-refractivity contribution in [2.24, 2.45) is 11.8 Å². The second-order valence-corrected chi connectivity index (χ2v) is 5.73. The number of nitrogens with one attached hydrogen (secondary N) is 2. The molecular formula is C14H26N2O2. The molecule has 0 aromatic carbocycles. The number of hydrogen-bond donors (Lipinski definition) is 2. The van der Waals surface area contributed by atoms with Crippen molar-refractivity contribution in [2.45, 2.75) is 45.1 Å². The van der Waals surface area contributed by atoms with Crippen molar-refractivity contribution < 1.29 is 9.53 Å². The van der Waals surface area contributed by atoms with Gasteiger partial charge in [-0.1, -0.05) is 6.92 Å². The van der Waals surface area contributed by atoms with Gasteiger partial charge in [-0.05, 0) is 50.6 Å². The van der Waals surface area contributed by atoms with Crippen LogP contribution in [0.25, 0.3) is 0 Å². The van der Waals surface area contributed by atoms with E-state index in [1.807, 2.05) is 0 Å². The lowest BCUT2D eigenvalue weighted by Crippen LogP contribution is -2.37. The molecule has 0 aromatic heterocycles. The third kappa shape index (κ3) is 4.25. The topological polar surface area (TPSA) is 50.4 Å². The number of ether oxygens (including phenoxy) is 1. The molecule has 3 atom stereocenters. The molecule has 18 heavy (non-hydrogen) atoms. The minimum absolute atomic E-state index is 0.184. The molecule has 0 aromatic rings. The number of piperidine rings is 1. The quantitative estimate of drug-likeness (QED) is 0.777. The molecule has 3 unspecified atom stereocenters. The summed E-state index contributed by atoms with van der Waals surface area (Å²) in [5.74, 6) is 1.32. The zero-order valence-corrected chi connectivity index (χ0v) is 11.4. The van der Waals surface area contributed by atoms with E-state index < -0.39 is 0 Å². The third-order valence-corrected chi connectivity index (χ3v) is 4.20. The highest BCUT2D eigenvalue weighted by molar-refractivity contribution is 5.76. The van der Waals surface area contributed by atoms with Gasteiger partial charge in [-0.25, -0.2) is 0 Å². The van der Waals surface area contributed by atoms with Crippen LogP contribution in [0.2, 0.25) is 0 Å². The Kier molecular flexibility index (Phi) is 5.45. The van der Waals surface area contributed by atoms with Crippen LogP contribution in [0.5, 0.6) is 0 Å². The van der Waals surface area contributed by atoms with E-state index in [4.69, 9.17) is 4.74 Å². The van der Waals surface area contributed by atoms with Gasteiger partial charge in [0.05, 0.1) is 6.10 Å². The molecule has 2 fully saturated rings. The molecule has 4 nitrogen and oxygen atoms in total. The highest BCUT2D eigenvalue weighted by Crippen LogP contribution is 2.22. The summed E-state index contributed by atoms with van der Waals surface area (Å²) in [6, 6.07) is 0. The van der Waals surface area contributed by atoms with E-state index >= 15 is 0 Å². The molecular weight excluding hydrogens is 228 g/mol. The second-order valence-electron chi connectivity index (χ2n) is 5.73. The zero-order valence-electron chi connectivity index (χ0n) is 11.4. The van der Waals surface area contributed by atoms with E-state index in [-0.39, 0.29) is 12.0 Å². The van der Waals surface area contributed by atoms with Crippen molar-refractivity contribution in [2.75, 3.05) is 26.2 Å². The van der Waals surface area contributed by atoms with Gasteiger partial charge in [-0.15, -0.1) is 0 Å². The van der Waals surface area contributed by atoms with Crippen molar-refractivity contribution in [1.29, 1.82) is 0 Å². The molecule has 2 aliphatic heterocycles. The SMILES string of the molecule is CC(CC(=O)NCC1CCCO1)C1CCCNC1. The lowest BCUT2D eigenvalue weighted by Gasteiger charge is -2.28. The Bertz CT molecular complexity index is 259. The van der Waals surface area contributed by atoms with E-state index in [0.29, 0.717) is 24.8 Å². The summed E-state index contributed by atoms with van der Waals surface area (Å²) < 4.78 is 5.50. The zero-order chi connectivity index (χ0) is 12.8. The largest absolute Gasteiger partial charge is 0.376 e. The van der Waals surface area contributed by atoms with Crippen LogP contribution in [0.15, 0.2) is 0 Å². The maximum Gasteiger partial charge on any atom is 0.220 e. The third-order valence-electron chi connectivity index (χ3n) is 4.20. The molecule has 0 saturated carbocycles. The minimum atomic E-state index is 0.184. The van der Waals surface area contributed by atoms with E-state index in [2.05, 4.69) is 17.6 Å². The smallest absolute Gasteiger partial charge is 0.220 e. The summed E-state index contributed by atoms with van der Waals surface area (Å²) in [5.41, 5.74) is 0. The fourth-order valence-corrected chi connectivity index (χ4v) is 2.93. The average molecular weight is 254 g/mol. The van der Waals surface area contributed by atoms with Gasteiger partial charge in [-0.3, -0.25) is 4.79 Å². The molecule has 104 valence electrons. The van der Waals surface area contributed by atoms with Crippen molar-refractivity contribution in [1.82, 2.24) is 10.6 Å². The van der Waals surface area contributed by atoms with Gasteiger partial charge in [0.1, 0.15) is 0 Å². The van der Waals surface area contributed by atoms with Crippen LogP contribution in [0.1, 0.15) is 39.0 Å². The number of carbonyl (C=O) groups is 1. The Hall–Kier alpha value is -0.610. The van der Waals surface area contributed by atoms with Crippen molar-refractivity contribution in [3.05, 3.63) is 0 Å². The predicted octanol–water partition coefficient (Wildman–Crippen LogP) is 1.31. The molecule has 1 amide bonds. The van der Waals surface area contributed by atoms with Crippen LogP contribution in [-0.4, -0.2) is 38.3 Å². The average Bonchev–Trinajstić information content (AvgIpc) is 2.90. The fraction of sp³-hybridized carbons (Fsp3) is 0.929. The van der Waals surface area contributed by atoms with Crippen molar-refractivity contribution in [3.63, 3.8) is 0 Å². The molecule has 2 heterocycles. The number of amides is 1. The van der Waals surface area contributed by atoms with Gasteiger partial charge in [0, 0.05) is 19.6 Å².